The molecule has 1 aliphatic rings. The second-order valence-electron chi connectivity index (χ2n) is 3.99. The molecule has 3 nitrogen and oxygen atoms in total. The molecule has 0 atom stereocenters. The second kappa shape index (κ2) is 4.61. The number of methoxy groups -OCH3 is 1. The third-order valence-electron chi connectivity index (χ3n) is 2.81. The van der Waals surface area contributed by atoms with Gasteiger partial charge in [0, 0.05) is 11.0 Å². The van der Waals surface area contributed by atoms with E-state index in [0.29, 0.717) is 10.2 Å². The van der Waals surface area contributed by atoms with Gasteiger partial charge in [0.25, 0.3) is 0 Å². The molecular formula is C13H9BrFNO2S. The van der Waals surface area contributed by atoms with E-state index >= 15 is 0 Å². The summed E-state index contributed by atoms with van der Waals surface area (Å²) < 4.78 is 18.9. The van der Waals surface area contributed by atoms with E-state index in [1.165, 1.54) is 31.0 Å². The van der Waals surface area contributed by atoms with Crippen LogP contribution in [0.25, 0.3) is 0 Å². The molecule has 0 fully saturated rings. The highest BCUT2D eigenvalue weighted by molar-refractivity contribution is 9.10. The van der Waals surface area contributed by atoms with E-state index in [0.717, 1.165) is 21.2 Å². The zero-order valence-electron chi connectivity index (χ0n) is 9.83. The van der Waals surface area contributed by atoms with Crippen LogP contribution < -0.4 is 10.1 Å². The lowest BCUT2D eigenvalue weighted by molar-refractivity contribution is 0.371. The molecule has 2 aromatic rings. The molecule has 0 bridgehead atoms. The Balaban J connectivity index is 2.14. The van der Waals surface area contributed by atoms with Crippen molar-refractivity contribution < 1.29 is 14.2 Å². The predicted molar refractivity (Wildman–Crippen MR) is 76.2 cm³/mol. The molecule has 3 rings (SSSR count). The third-order valence-corrected chi connectivity index (χ3v) is 5.03. The van der Waals surface area contributed by atoms with Crippen LogP contribution in [0.4, 0.5) is 15.8 Å². The maximum absolute atomic E-state index is 13.2. The molecule has 2 aromatic carbocycles. The first-order chi connectivity index (χ1) is 9.10. The first kappa shape index (κ1) is 12.6. The van der Waals surface area contributed by atoms with Crippen molar-refractivity contribution >= 4 is 39.1 Å². The number of fused-ring (bicyclic) bond motifs is 2. The van der Waals surface area contributed by atoms with E-state index in [1.54, 1.807) is 12.1 Å². The van der Waals surface area contributed by atoms with E-state index in [2.05, 4.69) is 21.2 Å². The van der Waals surface area contributed by atoms with Crippen LogP contribution in [0.3, 0.4) is 0 Å². The maximum Gasteiger partial charge on any atom is 0.173 e. The Morgan fingerprint density at radius 3 is 2.84 bits per heavy atom. The number of aromatic hydroxyl groups is 1. The summed E-state index contributed by atoms with van der Waals surface area (Å²) in [5.41, 5.74) is 1.64. The summed E-state index contributed by atoms with van der Waals surface area (Å²) in [6.45, 7) is 0. The Morgan fingerprint density at radius 1 is 1.32 bits per heavy atom. The van der Waals surface area contributed by atoms with E-state index < -0.39 is 0 Å². The average molecular weight is 342 g/mol. The number of anilines is 2. The molecule has 0 aliphatic carbocycles. The predicted octanol–water partition coefficient (Wildman–Crippen LogP) is 4.51. The lowest BCUT2D eigenvalue weighted by atomic mass is 10.2. The normalized spacial score (nSPS) is 12.4. The van der Waals surface area contributed by atoms with Gasteiger partial charge in [0.2, 0.25) is 0 Å². The van der Waals surface area contributed by atoms with Crippen molar-refractivity contribution in [3.63, 3.8) is 0 Å². The van der Waals surface area contributed by atoms with E-state index in [-0.39, 0.29) is 11.6 Å². The summed E-state index contributed by atoms with van der Waals surface area (Å²) in [5, 5.41) is 13.2. The molecular weight excluding hydrogens is 333 g/mol. The topological polar surface area (TPSA) is 41.5 Å². The Hall–Kier alpha value is -1.40. The summed E-state index contributed by atoms with van der Waals surface area (Å²) in [6.07, 6.45) is 0. The van der Waals surface area contributed by atoms with Gasteiger partial charge in [-0.2, -0.15) is 0 Å². The SMILES string of the molecule is COc1cc2c(c(Br)c1O)Sc1cc(F)ccc1N2. The highest BCUT2D eigenvalue weighted by atomic mass is 79.9. The van der Waals surface area contributed by atoms with E-state index in [1.807, 2.05) is 0 Å². The van der Waals surface area contributed by atoms with Crippen LogP contribution in [0.15, 0.2) is 38.5 Å². The minimum Gasteiger partial charge on any atom is -0.503 e. The molecule has 0 amide bonds. The van der Waals surface area contributed by atoms with Gasteiger partial charge in [0.1, 0.15) is 5.82 Å². The number of hydrogen-bond acceptors (Lipinski definition) is 4. The number of nitrogens with one attached hydrogen (secondary N) is 1. The van der Waals surface area contributed by atoms with Crippen molar-refractivity contribution in [3.05, 3.63) is 34.6 Å². The van der Waals surface area contributed by atoms with Gasteiger partial charge >= 0.3 is 0 Å². The third kappa shape index (κ3) is 2.04. The number of benzene rings is 2. The van der Waals surface area contributed by atoms with Crippen LogP contribution >= 0.6 is 27.7 Å². The van der Waals surface area contributed by atoms with Crippen molar-refractivity contribution in [3.8, 4) is 11.5 Å². The number of phenols is 1. The van der Waals surface area contributed by atoms with Gasteiger partial charge < -0.3 is 15.2 Å². The van der Waals surface area contributed by atoms with Crippen LogP contribution in [0.5, 0.6) is 11.5 Å². The zero-order chi connectivity index (χ0) is 13.6. The van der Waals surface area contributed by atoms with Crippen LogP contribution in [0, 0.1) is 5.82 Å². The van der Waals surface area contributed by atoms with Gasteiger partial charge in [-0.15, -0.1) is 0 Å². The Morgan fingerprint density at radius 2 is 2.11 bits per heavy atom. The summed E-state index contributed by atoms with van der Waals surface area (Å²) in [6, 6.07) is 6.27. The van der Waals surface area contributed by atoms with Crippen molar-refractivity contribution in [2.45, 2.75) is 9.79 Å². The number of hydrogen-bond donors (Lipinski definition) is 2. The zero-order valence-corrected chi connectivity index (χ0v) is 12.2. The number of rotatable bonds is 1. The number of ether oxygens (including phenoxy) is 1. The number of halogens is 2. The molecule has 1 heterocycles. The van der Waals surface area contributed by atoms with E-state index in [9.17, 15) is 9.50 Å². The highest BCUT2D eigenvalue weighted by Gasteiger charge is 2.23. The molecule has 0 spiro atoms. The molecule has 0 aromatic heterocycles. The lowest BCUT2D eigenvalue weighted by Gasteiger charge is -2.23. The van der Waals surface area contributed by atoms with Gasteiger partial charge in [-0.3, -0.25) is 0 Å². The molecule has 0 saturated carbocycles. The second-order valence-corrected chi connectivity index (χ2v) is 5.83. The summed E-state index contributed by atoms with van der Waals surface area (Å²) >= 11 is 4.74. The Bertz CT molecular complexity index is 678. The molecule has 19 heavy (non-hydrogen) atoms. The van der Waals surface area contributed by atoms with Crippen LogP contribution in [-0.2, 0) is 0 Å². The molecule has 1 aliphatic heterocycles. The molecule has 6 heteroatoms. The Kier molecular flexibility index (Phi) is 3.06. The fourth-order valence-corrected chi connectivity index (χ4v) is 3.56. The van der Waals surface area contributed by atoms with Gasteiger partial charge in [-0.25, -0.2) is 4.39 Å². The van der Waals surface area contributed by atoms with Gasteiger partial charge in [0.15, 0.2) is 11.5 Å². The maximum atomic E-state index is 13.2. The van der Waals surface area contributed by atoms with Crippen molar-refractivity contribution in [2.24, 2.45) is 0 Å². The molecule has 0 radical (unpaired) electrons. The van der Waals surface area contributed by atoms with Crippen molar-refractivity contribution in [1.82, 2.24) is 0 Å². The standard InChI is InChI=1S/C13H9BrFNO2S/c1-18-9-5-8-13(11(14)12(9)17)19-10-4-6(15)2-3-7(10)16-8/h2-5,16-17H,1H3. The highest BCUT2D eigenvalue weighted by Crippen LogP contribution is 2.52. The van der Waals surface area contributed by atoms with Crippen LogP contribution in [0.2, 0.25) is 0 Å². The monoisotopic (exact) mass is 341 g/mol. The van der Waals surface area contributed by atoms with E-state index in [4.69, 9.17) is 4.74 Å². The van der Waals surface area contributed by atoms with Crippen molar-refractivity contribution in [1.29, 1.82) is 0 Å². The fourth-order valence-electron chi connectivity index (χ4n) is 1.89. The smallest absolute Gasteiger partial charge is 0.173 e. The first-order valence-electron chi connectivity index (χ1n) is 5.44. The van der Waals surface area contributed by atoms with Crippen molar-refractivity contribution in [2.75, 3.05) is 12.4 Å². The molecule has 0 saturated heterocycles. The number of phenolic OH excluding ortho intramolecular Hbond substituents is 1. The van der Waals surface area contributed by atoms with Crippen LogP contribution in [0.1, 0.15) is 0 Å². The molecule has 2 N–H and O–H groups in total. The average Bonchev–Trinajstić information content (AvgIpc) is 2.41. The summed E-state index contributed by atoms with van der Waals surface area (Å²) in [5.74, 6) is 0.130. The molecule has 98 valence electrons. The lowest BCUT2D eigenvalue weighted by Crippen LogP contribution is -2.01. The van der Waals surface area contributed by atoms with Gasteiger partial charge in [0.05, 0.1) is 27.9 Å². The largest absolute Gasteiger partial charge is 0.503 e. The fraction of sp³-hybridized carbons (Fsp3) is 0.0769. The van der Waals surface area contributed by atoms with Gasteiger partial charge in [-0.05, 0) is 34.1 Å². The van der Waals surface area contributed by atoms with Crippen LogP contribution in [-0.4, -0.2) is 12.2 Å². The van der Waals surface area contributed by atoms with Gasteiger partial charge in [-0.1, -0.05) is 11.8 Å². The summed E-state index contributed by atoms with van der Waals surface area (Å²) in [7, 11) is 1.49. The minimum atomic E-state index is -0.287. The molecule has 0 unspecified atom stereocenters. The first-order valence-corrected chi connectivity index (χ1v) is 7.05. The Labute approximate surface area is 121 Å². The quantitative estimate of drug-likeness (QED) is 0.639. The minimum absolute atomic E-state index is 0.0374. The summed E-state index contributed by atoms with van der Waals surface area (Å²) in [4.78, 5) is 1.58.